The van der Waals surface area contributed by atoms with E-state index in [1.54, 1.807) is 18.0 Å². The van der Waals surface area contributed by atoms with E-state index in [4.69, 9.17) is 5.73 Å². The monoisotopic (exact) mass is 190 g/mol. The molecular weight excluding hydrogens is 176 g/mol. The first-order chi connectivity index (χ1) is 5.48. The van der Waals surface area contributed by atoms with Gasteiger partial charge in [0.15, 0.2) is 6.73 Å². The summed E-state index contributed by atoms with van der Waals surface area (Å²) in [5, 5.41) is 0. The molecule has 12 heavy (non-hydrogen) atoms. The zero-order valence-corrected chi connectivity index (χ0v) is 8.35. The van der Waals surface area contributed by atoms with Crippen LogP contribution >= 0.6 is 11.8 Å². The van der Waals surface area contributed by atoms with Crippen LogP contribution in [0.2, 0.25) is 0 Å². The molecule has 0 saturated heterocycles. The van der Waals surface area contributed by atoms with Crippen molar-refractivity contribution in [1.82, 2.24) is 0 Å². The van der Waals surface area contributed by atoms with Crippen LogP contribution in [-0.4, -0.2) is 30.0 Å². The molecule has 0 rings (SSSR count). The standard InChI is InChI=1S/C7H14N2O2S/c1-7(2,12-3)4-9-5-11-6(8)10/h4H,5H2,1-3H3,(H2,8,10). The summed E-state index contributed by atoms with van der Waals surface area (Å²) in [5.74, 6) is 0. The molecule has 0 aliphatic heterocycles. The summed E-state index contributed by atoms with van der Waals surface area (Å²) in [6, 6.07) is 0. The normalized spacial score (nSPS) is 11.9. The molecule has 0 aliphatic carbocycles. The Kier molecular flexibility index (Phi) is 4.73. The number of thioether (sulfide) groups is 1. The molecule has 0 atom stereocenters. The fourth-order valence-electron chi connectivity index (χ4n) is 0.411. The number of nitrogens with two attached hydrogens (primary N) is 1. The number of hydrogen-bond donors (Lipinski definition) is 1. The first kappa shape index (κ1) is 11.3. The van der Waals surface area contributed by atoms with Crippen LogP contribution in [0.15, 0.2) is 4.99 Å². The Labute approximate surface area is 76.6 Å². The Balaban J connectivity index is 3.68. The highest BCUT2D eigenvalue weighted by atomic mass is 32.2. The van der Waals surface area contributed by atoms with Gasteiger partial charge in [-0.1, -0.05) is 0 Å². The molecule has 0 aromatic heterocycles. The second-order valence-corrected chi connectivity index (χ2v) is 4.17. The van der Waals surface area contributed by atoms with Crippen molar-refractivity contribution in [3.63, 3.8) is 0 Å². The van der Waals surface area contributed by atoms with Crippen molar-refractivity contribution in [2.45, 2.75) is 18.6 Å². The lowest BCUT2D eigenvalue weighted by Crippen LogP contribution is -2.17. The number of carbonyl (C=O) groups is 1. The summed E-state index contributed by atoms with van der Waals surface area (Å²) in [5.41, 5.74) is 4.73. The van der Waals surface area contributed by atoms with E-state index in [1.165, 1.54) is 0 Å². The molecule has 0 bridgehead atoms. The molecule has 5 heteroatoms. The van der Waals surface area contributed by atoms with Crippen LogP contribution in [0, 0.1) is 0 Å². The van der Waals surface area contributed by atoms with Crippen LogP contribution in [0.3, 0.4) is 0 Å². The van der Waals surface area contributed by atoms with Gasteiger partial charge >= 0.3 is 6.09 Å². The van der Waals surface area contributed by atoms with Gasteiger partial charge in [0, 0.05) is 11.0 Å². The van der Waals surface area contributed by atoms with Gasteiger partial charge in [-0.25, -0.2) is 4.79 Å². The molecule has 1 amide bonds. The molecule has 0 saturated carbocycles. The van der Waals surface area contributed by atoms with Crippen LogP contribution in [0.1, 0.15) is 13.8 Å². The summed E-state index contributed by atoms with van der Waals surface area (Å²) in [6.45, 7) is 4.04. The Hall–Kier alpha value is -0.710. The Bertz CT molecular complexity index is 180. The second-order valence-electron chi connectivity index (χ2n) is 2.71. The number of ether oxygens (including phenoxy) is 1. The lowest BCUT2D eigenvalue weighted by Gasteiger charge is -2.14. The predicted molar refractivity (Wildman–Crippen MR) is 51.6 cm³/mol. The van der Waals surface area contributed by atoms with E-state index >= 15 is 0 Å². The molecule has 0 aromatic rings. The minimum absolute atomic E-state index is 0.000671. The first-order valence-electron chi connectivity index (χ1n) is 3.46. The third-order valence-corrected chi connectivity index (χ3v) is 2.37. The minimum atomic E-state index is -0.797. The van der Waals surface area contributed by atoms with Gasteiger partial charge in [0.2, 0.25) is 0 Å². The van der Waals surface area contributed by atoms with Crippen molar-refractivity contribution in [1.29, 1.82) is 0 Å². The maximum absolute atomic E-state index is 10.1. The van der Waals surface area contributed by atoms with Crippen molar-refractivity contribution < 1.29 is 9.53 Å². The van der Waals surface area contributed by atoms with Crippen molar-refractivity contribution in [3.8, 4) is 0 Å². The lowest BCUT2D eigenvalue weighted by molar-refractivity contribution is 0.160. The largest absolute Gasteiger partial charge is 0.426 e. The van der Waals surface area contributed by atoms with Gasteiger partial charge in [0.25, 0.3) is 0 Å². The Morgan fingerprint density at radius 1 is 1.75 bits per heavy atom. The van der Waals surface area contributed by atoms with E-state index in [0.717, 1.165) is 0 Å². The van der Waals surface area contributed by atoms with E-state index in [9.17, 15) is 4.79 Å². The number of aliphatic imine (C=N–C) groups is 1. The summed E-state index contributed by atoms with van der Waals surface area (Å²) in [6.07, 6.45) is 2.93. The molecule has 2 N–H and O–H groups in total. The third kappa shape index (κ3) is 6.03. The summed E-state index contributed by atoms with van der Waals surface area (Å²) in [7, 11) is 0. The maximum atomic E-state index is 10.1. The molecule has 0 heterocycles. The average molecular weight is 190 g/mol. The van der Waals surface area contributed by atoms with Gasteiger partial charge in [-0.05, 0) is 20.1 Å². The Morgan fingerprint density at radius 2 is 2.33 bits per heavy atom. The molecule has 70 valence electrons. The molecule has 0 spiro atoms. The van der Waals surface area contributed by atoms with Crippen LogP contribution in [0.25, 0.3) is 0 Å². The van der Waals surface area contributed by atoms with Gasteiger partial charge in [-0.15, -0.1) is 0 Å². The first-order valence-corrected chi connectivity index (χ1v) is 4.69. The van der Waals surface area contributed by atoms with Crippen LogP contribution < -0.4 is 5.73 Å². The molecular formula is C7H14N2O2S. The summed E-state index contributed by atoms with van der Waals surface area (Å²) in [4.78, 5) is 14.0. The topological polar surface area (TPSA) is 64.7 Å². The van der Waals surface area contributed by atoms with Crippen molar-refractivity contribution >= 4 is 24.1 Å². The highest BCUT2D eigenvalue weighted by Gasteiger charge is 2.11. The summed E-state index contributed by atoms with van der Waals surface area (Å²) >= 11 is 1.66. The zero-order valence-electron chi connectivity index (χ0n) is 7.53. The van der Waals surface area contributed by atoms with Crippen molar-refractivity contribution in [2.24, 2.45) is 10.7 Å². The fourth-order valence-corrected chi connectivity index (χ4v) is 0.591. The van der Waals surface area contributed by atoms with E-state index < -0.39 is 6.09 Å². The zero-order chi connectivity index (χ0) is 9.61. The van der Waals surface area contributed by atoms with Gasteiger partial charge in [-0.2, -0.15) is 11.8 Å². The van der Waals surface area contributed by atoms with Gasteiger partial charge in [0.05, 0.1) is 0 Å². The van der Waals surface area contributed by atoms with E-state index in [1.807, 2.05) is 20.1 Å². The number of nitrogens with zero attached hydrogens (tertiary/aromatic N) is 1. The molecule has 0 unspecified atom stereocenters. The number of rotatable bonds is 4. The highest BCUT2D eigenvalue weighted by Crippen LogP contribution is 2.17. The van der Waals surface area contributed by atoms with E-state index in [2.05, 4.69) is 9.73 Å². The molecule has 4 nitrogen and oxygen atoms in total. The van der Waals surface area contributed by atoms with Crippen molar-refractivity contribution in [2.75, 3.05) is 13.0 Å². The molecule has 0 radical (unpaired) electrons. The Morgan fingerprint density at radius 3 is 2.75 bits per heavy atom. The van der Waals surface area contributed by atoms with Crippen LogP contribution in [0.4, 0.5) is 4.79 Å². The van der Waals surface area contributed by atoms with E-state index in [0.29, 0.717) is 0 Å². The van der Waals surface area contributed by atoms with Gasteiger partial charge in [-0.3, -0.25) is 4.99 Å². The maximum Gasteiger partial charge on any atom is 0.406 e. The number of hydrogen-bond acceptors (Lipinski definition) is 4. The van der Waals surface area contributed by atoms with Crippen LogP contribution in [0.5, 0.6) is 0 Å². The highest BCUT2D eigenvalue weighted by molar-refractivity contribution is 8.00. The fraction of sp³-hybridized carbons (Fsp3) is 0.714. The van der Waals surface area contributed by atoms with Crippen LogP contribution in [-0.2, 0) is 4.74 Å². The molecule has 0 fully saturated rings. The molecule has 0 aliphatic rings. The lowest BCUT2D eigenvalue weighted by atomic mass is 10.2. The predicted octanol–water partition coefficient (Wildman–Crippen LogP) is 1.25. The number of amides is 1. The van der Waals surface area contributed by atoms with Gasteiger partial charge < -0.3 is 10.5 Å². The average Bonchev–Trinajstić information content (AvgIpc) is 1.98. The van der Waals surface area contributed by atoms with E-state index in [-0.39, 0.29) is 11.5 Å². The smallest absolute Gasteiger partial charge is 0.406 e. The van der Waals surface area contributed by atoms with Crippen molar-refractivity contribution in [3.05, 3.63) is 0 Å². The second kappa shape index (κ2) is 5.03. The SMILES string of the molecule is CSC(C)(C)C=NCOC(N)=O. The minimum Gasteiger partial charge on any atom is -0.426 e. The quantitative estimate of drug-likeness (QED) is 0.678. The van der Waals surface area contributed by atoms with Gasteiger partial charge in [0.1, 0.15) is 0 Å². The number of carbonyl (C=O) groups excluding carboxylic acids is 1. The number of primary amides is 1. The summed E-state index contributed by atoms with van der Waals surface area (Å²) < 4.78 is 4.39. The molecule has 0 aromatic carbocycles. The third-order valence-electron chi connectivity index (χ3n) is 1.21.